The number of amides is 2. The number of hydrogen-bond acceptors (Lipinski definition) is 5. The van der Waals surface area contributed by atoms with Crippen molar-refractivity contribution < 1.29 is 14.7 Å². The van der Waals surface area contributed by atoms with E-state index in [-0.39, 0.29) is 5.75 Å². The molecule has 184 valence electrons. The van der Waals surface area contributed by atoms with Crippen LogP contribution < -0.4 is 11.5 Å². The lowest BCUT2D eigenvalue weighted by Crippen LogP contribution is -2.11. The molecule has 2 aromatic heterocycles. The quantitative estimate of drug-likeness (QED) is 0.215. The number of phenolic OH excluding ortho intramolecular Hbond substituents is 1. The van der Waals surface area contributed by atoms with Crippen molar-refractivity contribution in [1.82, 2.24) is 19.9 Å². The number of phenols is 1. The van der Waals surface area contributed by atoms with E-state index < -0.39 is 11.8 Å². The van der Waals surface area contributed by atoms with Gasteiger partial charge in [0.05, 0.1) is 22.2 Å². The number of imidazole rings is 2. The zero-order valence-electron chi connectivity index (χ0n) is 19.9. The van der Waals surface area contributed by atoms with E-state index in [1.54, 1.807) is 42.5 Å². The third kappa shape index (κ3) is 5.35. The van der Waals surface area contributed by atoms with Crippen LogP contribution in [0.3, 0.4) is 0 Å². The Bertz CT molecular complexity index is 1520. The smallest absolute Gasteiger partial charge is 0.250 e. The fourth-order valence-electron chi connectivity index (χ4n) is 3.93. The van der Waals surface area contributed by atoms with Gasteiger partial charge in [-0.3, -0.25) is 9.59 Å². The van der Waals surface area contributed by atoms with Crippen molar-refractivity contribution in [1.29, 1.82) is 0 Å². The lowest BCUT2D eigenvalue weighted by atomic mass is 10.2. The molecule has 0 aliphatic carbocycles. The molecule has 2 heterocycles. The Morgan fingerprint density at radius 1 is 0.806 bits per heavy atom. The number of aromatic nitrogens is 4. The number of aromatic hydroxyl groups is 1. The van der Waals surface area contributed by atoms with Crippen molar-refractivity contribution in [2.45, 2.75) is 32.6 Å². The van der Waals surface area contributed by atoms with E-state index in [2.05, 4.69) is 26.9 Å². The minimum atomic E-state index is -0.505. The Morgan fingerprint density at radius 3 is 1.97 bits per heavy atom. The molecule has 0 atom stereocenters. The number of rotatable bonds is 7. The van der Waals surface area contributed by atoms with Crippen LogP contribution in [0.1, 0.15) is 52.7 Å². The number of carbonyl (C=O) groups is 2. The molecular formula is C27H28N6O3. The Balaban J connectivity index is 0.000000170. The van der Waals surface area contributed by atoms with Gasteiger partial charge >= 0.3 is 0 Å². The SMILES string of the molecule is CCCCCc1nc2c(C(N)=O)cccc2[nH]1.NC(=O)c1cccc2[nH]c(-c3ccc(O)cc3)nc12. The molecule has 0 saturated carbocycles. The van der Waals surface area contributed by atoms with Crippen molar-refractivity contribution in [3.05, 3.63) is 77.6 Å². The van der Waals surface area contributed by atoms with Crippen molar-refractivity contribution >= 4 is 33.9 Å². The third-order valence-corrected chi connectivity index (χ3v) is 5.76. The minimum Gasteiger partial charge on any atom is -0.508 e. The molecule has 2 amide bonds. The molecule has 0 radical (unpaired) electrons. The number of hydrogen-bond donors (Lipinski definition) is 5. The normalized spacial score (nSPS) is 10.8. The van der Waals surface area contributed by atoms with Gasteiger partial charge in [0.1, 0.15) is 28.4 Å². The van der Waals surface area contributed by atoms with Crippen molar-refractivity contribution in [2.75, 3.05) is 0 Å². The Hall–Kier alpha value is -4.66. The predicted octanol–water partition coefficient (Wildman–Crippen LogP) is 4.43. The number of aromatic amines is 2. The van der Waals surface area contributed by atoms with Crippen LogP contribution in [0.15, 0.2) is 60.7 Å². The molecule has 36 heavy (non-hydrogen) atoms. The average Bonchev–Trinajstić information content (AvgIpc) is 3.48. The van der Waals surface area contributed by atoms with Crippen LogP contribution in [0, 0.1) is 0 Å². The minimum absolute atomic E-state index is 0.192. The zero-order valence-corrected chi connectivity index (χ0v) is 19.9. The summed E-state index contributed by atoms with van der Waals surface area (Å²) in [5, 5.41) is 9.27. The van der Waals surface area contributed by atoms with E-state index >= 15 is 0 Å². The molecule has 0 spiro atoms. The molecule has 5 rings (SSSR count). The molecule has 0 fully saturated rings. The molecule has 0 unspecified atom stereocenters. The van der Waals surface area contributed by atoms with Gasteiger partial charge in [0.2, 0.25) is 0 Å². The highest BCUT2D eigenvalue weighted by atomic mass is 16.3. The second-order valence-electron chi connectivity index (χ2n) is 8.40. The van der Waals surface area contributed by atoms with Gasteiger partial charge in [-0.2, -0.15) is 0 Å². The molecule has 5 aromatic rings. The predicted molar refractivity (Wildman–Crippen MR) is 140 cm³/mol. The number of nitrogens with one attached hydrogen (secondary N) is 2. The van der Waals surface area contributed by atoms with E-state index in [1.165, 1.54) is 12.8 Å². The van der Waals surface area contributed by atoms with Crippen molar-refractivity contribution in [3.8, 4) is 17.1 Å². The fourth-order valence-corrected chi connectivity index (χ4v) is 3.93. The molecule has 0 aliphatic heterocycles. The Labute approximate surface area is 207 Å². The molecule has 0 saturated heterocycles. The number of carbonyl (C=O) groups excluding carboxylic acids is 2. The van der Waals surface area contributed by atoms with Crippen LogP contribution in [0.25, 0.3) is 33.5 Å². The highest BCUT2D eigenvalue weighted by Gasteiger charge is 2.12. The number of nitrogens with two attached hydrogens (primary N) is 2. The lowest BCUT2D eigenvalue weighted by Gasteiger charge is -1.96. The molecule has 9 heteroatoms. The van der Waals surface area contributed by atoms with E-state index in [4.69, 9.17) is 11.5 Å². The van der Waals surface area contributed by atoms with E-state index in [0.717, 1.165) is 35.3 Å². The summed E-state index contributed by atoms with van der Waals surface area (Å²) >= 11 is 0. The van der Waals surface area contributed by atoms with Gasteiger partial charge in [-0.15, -0.1) is 0 Å². The second-order valence-corrected chi connectivity index (χ2v) is 8.40. The van der Waals surface area contributed by atoms with E-state index in [0.29, 0.717) is 28.0 Å². The van der Waals surface area contributed by atoms with Crippen LogP contribution in [0.5, 0.6) is 5.75 Å². The zero-order chi connectivity index (χ0) is 25.7. The molecule has 9 nitrogen and oxygen atoms in total. The number of H-pyrrole nitrogens is 2. The van der Waals surface area contributed by atoms with Gasteiger partial charge in [0.25, 0.3) is 11.8 Å². The first kappa shape index (κ1) is 24.5. The molecule has 3 aromatic carbocycles. The van der Waals surface area contributed by atoms with E-state index in [1.807, 2.05) is 18.2 Å². The summed E-state index contributed by atoms with van der Waals surface area (Å²) in [5.74, 6) is 0.820. The van der Waals surface area contributed by atoms with Crippen LogP contribution in [0.4, 0.5) is 0 Å². The topological polar surface area (TPSA) is 164 Å². The van der Waals surface area contributed by atoms with Gasteiger partial charge in [-0.25, -0.2) is 9.97 Å². The second kappa shape index (κ2) is 10.7. The van der Waals surface area contributed by atoms with Gasteiger partial charge in [0.15, 0.2) is 0 Å². The number of para-hydroxylation sites is 2. The number of benzene rings is 3. The standard InChI is InChI=1S/C14H11N3O2.C13H17N3O/c15-13(19)10-2-1-3-11-12(10)17-14(16-11)8-4-6-9(18)7-5-8;1-2-3-4-8-11-15-10-7-5-6-9(13(14)17)12(10)16-11/h1-7,18H,(H2,15,19)(H,16,17);5-7H,2-4,8H2,1H3,(H2,14,17)(H,15,16). The fraction of sp³-hybridized carbons (Fsp3) is 0.185. The number of nitrogens with zero attached hydrogens (tertiary/aromatic N) is 2. The maximum atomic E-state index is 11.3. The molecule has 0 bridgehead atoms. The largest absolute Gasteiger partial charge is 0.508 e. The van der Waals surface area contributed by atoms with Gasteiger partial charge < -0.3 is 26.5 Å². The first-order valence-electron chi connectivity index (χ1n) is 11.7. The highest BCUT2D eigenvalue weighted by Crippen LogP contribution is 2.24. The Kier molecular flexibility index (Phi) is 7.29. The monoisotopic (exact) mass is 484 g/mol. The average molecular weight is 485 g/mol. The first-order chi connectivity index (χ1) is 17.4. The maximum absolute atomic E-state index is 11.3. The first-order valence-corrected chi connectivity index (χ1v) is 11.7. The summed E-state index contributed by atoms with van der Waals surface area (Å²) in [6.45, 7) is 2.17. The van der Waals surface area contributed by atoms with Gasteiger partial charge in [-0.1, -0.05) is 31.9 Å². The highest BCUT2D eigenvalue weighted by molar-refractivity contribution is 6.05. The summed E-state index contributed by atoms with van der Waals surface area (Å²) < 4.78 is 0. The Morgan fingerprint density at radius 2 is 1.39 bits per heavy atom. The van der Waals surface area contributed by atoms with Crippen LogP contribution >= 0.6 is 0 Å². The van der Waals surface area contributed by atoms with Crippen LogP contribution in [-0.4, -0.2) is 36.9 Å². The molecule has 7 N–H and O–H groups in total. The molecular weight excluding hydrogens is 456 g/mol. The number of fused-ring (bicyclic) bond motifs is 2. The lowest BCUT2D eigenvalue weighted by molar-refractivity contribution is 0.0993. The van der Waals surface area contributed by atoms with Crippen molar-refractivity contribution in [2.24, 2.45) is 11.5 Å². The van der Waals surface area contributed by atoms with Crippen LogP contribution in [-0.2, 0) is 6.42 Å². The van der Waals surface area contributed by atoms with Gasteiger partial charge in [-0.05, 0) is 55.0 Å². The molecule has 0 aliphatic rings. The van der Waals surface area contributed by atoms with Crippen LogP contribution in [0.2, 0.25) is 0 Å². The number of primary amides is 2. The number of aryl methyl sites for hydroxylation is 1. The summed E-state index contributed by atoms with van der Waals surface area (Å²) in [6, 6.07) is 17.3. The van der Waals surface area contributed by atoms with Gasteiger partial charge in [0, 0.05) is 12.0 Å². The summed E-state index contributed by atoms with van der Waals surface area (Å²) in [7, 11) is 0. The summed E-state index contributed by atoms with van der Waals surface area (Å²) in [4.78, 5) is 37.8. The summed E-state index contributed by atoms with van der Waals surface area (Å²) in [6.07, 6.45) is 4.41. The third-order valence-electron chi connectivity index (χ3n) is 5.76. The maximum Gasteiger partial charge on any atom is 0.250 e. The summed E-state index contributed by atoms with van der Waals surface area (Å²) in [5.41, 5.74) is 15.2. The van der Waals surface area contributed by atoms with Crippen molar-refractivity contribution in [3.63, 3.8) is 0 Å². The number of unbranched alkanes of at least 4 members (excludes halogenated alkanes) is 2. The van der Waals surface area contributed by atoms with E-state index in [9.17, 15) is 14.7 Å².